The van der Waals surface area contributed by atoms with Crippen molar-refractivity contribution in [2.24, 2.45) is 0 Å². The van der Waals surface area contributed by atoms with E-state index < -0.39 is 0 Å². The number of carbonyl (C=O) groups is 1. The SMILES string of the molecule is C(OCC1CO1)C1CO1.CC=CC=O. The van der Waals surface area contributed by atoms with Gasteiger partial charge in [-0.1, -0.05) is 6.08 Å². The van der Waals surface area contributed by atoms with E-state index in [9.17, 15) is 4.79 Å². The van der Waals surface area contributed by atoms with Gasteiger partial charge in [0.05, 0.1) is 26.4 Å². The molecule has 0 bridgehead atoms. The highest BCUT2D eigenvalue weighted by Crippen LogP contribution is 2.12. The van der Waals surface area contributed by atoms with E-state index in [4.69, 9.17) is 14.2 Å². The fraction of sp³-hybridized carbons (Fsp3) is 0.700. The molecule has 80 valence electrons. The van der Waals surface area contributed by atoms with Crippen molar-refractivity contribution in [3.63, 3.8) is 0 Å². The molecule has 0 aromatic heterocycles. The van der Waals surface area contributed by atoms with Crippen LogP contribution in [0.15, 0.2) is 12.2 Å². The Labute approximate surface area is 83.8 Å². The third-order valence-electron chi connectivity index (χ3n) is 1.68. The smallest absolute Gasteiger partial charge is 0.142 e. The van der Waals surface area contributed by atoms with Gasteiger partial charge in [-0.3, -0.25) is 4.79 Å². The predicted molar refractivity (Wildman–Crippen MR) is 51.2 cm³/mol. The lowest BCUT2D eigenvalue weighted by atomic mass is 10.5. The summed E-state index contributed by atoms with van der Waals surface area (Å²) >= 11 is 0. The van der Waals surface area contributed by atoms with Crippen molar-refractivity contribution in [3.8, 4) is 0 Å². The first-order chi connectivity index (χ1) is 6.86. The summed E-state index contributed by atoms with van der Waals surface area (Å²) in [6, 6.07) is 0. The minimum atomic E-state index is 0.392. The van der Waals surface area contributed by atoms with Gasteiger partial charge in [0.25, 0.3) is 0 Å². The number of allylic oxidation sites excluding steroid dienone is 2. The highest BCUT2D eigenvalue weighted by atomic mass is 16.6. The molecule has 2 rings (SSSR count). The number of rotatable bonds is 5. The van der Waals surface area contributed by atoms with Crippen LogP contribution in [0.2, 0.25) is 0 Å². The van der Waals surface area contributed by atoms with E-state index in [0.717, 1.165) is 32.7 Å². The van der Waals surface area contributed by atoms with Crippen LogP contribution in [0.5, 0.6) is 0 Å². The minimum Gasteiger partial charge on any atom is -0.376 e. The van der Waals surface area contributed by atoms with E-state index in [-0.39, 0.29) is 0 Å². The van der Waals surface area contributed by atoms with Crippen LogP contribution in [0.3, 0.4) is 0 Å². The van der Waals surface area contributed by atoms with Crippen LogP contribution >= 0.6 is 0 Å². The van der Waals surface area contributed by atoms with Crippen molar-refractivity contribution in [1.82, 2.24) is 0 Å². The highest BCUT2D eigenvalue weighted by Gasteiger charge is 2.26. The van der Waals surface area contributed by atoms with Crippen molar-refractivity contribution >= 4 is 6.29 Å². The Kier molecular flexibility index (Phi) is 5.44. The van der Waals surface area contributed by atoms with Gasteiger partial charge in [0.2, 0.25) is 0 Å². The lowest BCUT2D eigenvalue weighted by Crippen LogP contribution is -2.06. The summed E-state index contributed by atoms with van der Waals surface area (Å²) in [6.45, 7) is 5.06. The van der Waals surface area contributed by atoms with E-state index in [0.29, 0.717) is 12.2 Å². The largest absolute Gasteiger partial charge is 0.376 e. The molecule has 0 aromatic rings. The van der Waals surface area contributed by atoms with E-state index in [2.05, 4.69) is 0 Å². The molecular formula is C10H16O4. The Morgan fingerprint density at radius 2 is 1.79 bits per heavy atom. The first-order valence-corrected chi connectivity index (χ1v) is 4.74. The zero-order chi connectivity index (χ0) is 10.2. The van der Waals surface area contributed by atoms with Crippen molar-refractivity contribution in [3.05, 3.63) is 12.2 Å². The number of carbonyl (C=O) groups excluding carboxylic acids is 1. The van der Waals surface area contributed by atoms with Crippen LogP contribution in [0.4, 0.5) is 0 Å². The number of hydrogen-bond acceptors (Lipinski definition) is 4. The second kappa shape index (κ2) is 6.70. The van der Waals surface area contributed by atoms with Gasteiger partial charge < -0.3 is 14.2 Å². The molecule has 14 heavy (non-hydrogen) atoms. The fourth-order valence-corrected chi connectivity index (χ4v) is 0.738. The lowest BCUT2D eigenvalue weighted by molar-refractivity contribution is -0.104. The second-order valence-corrected chi connectivity index (χ2v) is 3.11. The molecule has 0 N–H and O–H groups in total. The van der Waals surface area contributed by atoms with Crippen molar-refractivity contribution in [2.45, 2.75) is 19.1 Å². The van der Waals surface area contributed by atoms with Crippen LogP contribution < -0.4 is 0 Å². The van der Waals surface area contributed by atoms with Gasteiger partial charge in [0.15, 0.2) is 0 Å². The van der Waals surface area contributed by atoms with Gasteiger partial charge in [0.1, 0.15) is 18.5 Å². The maximum absolute atomic E-state index is 9.32. The molecule has 0 spiro atoms. The summed E-state index contributed by atoms with van der Waals surface area (Å²) in [5.41, 5.74) is 0. The van der Waals surface area contributed by atoms with E-state index in [1.54, 1.807) is 13.0 Å². The van der Waals surface area contributed by atoms with Crippen LogP contribution in [-0.4, -0.2) is 44.9 Å². The first kappa shape index (κ1) is 11.4. The molecule has 4 heteroatoms. The highest BCUT2D eigenvalue weighted by molar-refractivity contribution is 5.64. The van der Waals surface area contributed by atoms with Gasteiger partial charge in [-0.25, -0.2) is 0 Å². The van der Waals surface area contributed by atoms with Gasteiger partial charge >= 0.3 is 0 Å². The van der Waals surface area contributed by atoms with E-state index >= 15 is 0 Å². The topological polar surface area (TPSA) is 51.4 Å². The Morgan fingerprint density at radius 1 is 1.29 bits per heavy atom. The van der Waals surface area contributed by atoms with Gasteiger partial charge in [0, 0.05) is 0 Å². The van der Waals surface area contributed by atoms with Gasteiger partial charge in [-0.2, -0.15) is 0 Å². The number of ether oxygens (including phenoxy) is 3. The summed E-state index contributed by atoms with van der Waals surface area (Å²) < 4.78 is 15.1. The Bertz CT molecular complexity index is 171. The average molecular weight is 200 g/mol. The minimum absolute atomic E-state index is 0.392. The molecule has 0 radical (unpaired) electrons. The normalized spacial score (nSPS) is 28.1. The molecule has 2 saturated heterocycles. The van der Waals surface area contributed by atoms with E-state index in [1.165, 1.54) is 6.08 Å². The Balaban J connectivity index is 0.000000171. The number of hydrogen-bond donors (Lipinski definition) is 0. The molecule has 2 unspecified atom stereocenters. The summed E-state index contributed by atoms with van der Waals surface area (Å²) in [7, 11) is 0. The molecule has 0 amide bonds. The van der Waals surface area contributed by atoms with Crippen molar-refractivity contribution in [2.75, 3.05) is 26.4 Å². The third kappa shape index (κ3) is 6.77. The van der Waals surface area contributed by atoms with Crippen LogP contribution in [0.25, 0.3) is 0 Å². The molecule has 0 aromatic carbocycles. The van der Waals surface area contributed by atoms with Gasteiger partial charge in [-0.15, -0.1) is 0 Å². The standard InChI is InChI=1S/C6H10O3.C4H6O/c1(5-3-8-5)7-2-6-4-9-6;1-2-3-4-5/h5-6H,1-4H2;2-4H,1H3. The zero-order valence-corrected chi connectivity index (χ0v) is 8.35. The molecule has 2 aliphatic heterocycles. The summed E-state index contributed by atoms with van der Waals surface area (Å²) in [5, 5.41) is 0. The average Bonchev–Trinajstić information content (AvgIpc) is 3.01. The first-order valence-electron chi connectivity index (χ1n) is 4.74. The van der Waals surface area contributed by atoms with E-state index in [1.807, 2.05) is 0 Å². The number of epoxide rings is 2. The molecule has 0 saturated carbocycles. The van der Waals surface area contributed by atoms with Crippen LogP contribution in [0.1, 0.15) is 6.92 Å². The molecule has 4 nitrogen and oxygen atoms in total. The maximum atomic E-state index is 9.32. The predicted octanol–water partition coefficient (Wildman–Crippen LogP) is 0.562. The maximum Gasteiger partial charge on any atom is 0.142 e. The molecule has 0 aliphatic carbocycles. The molecule has 2 atom stereocenters. The number of aldehydes is 1. The lowest BCUT2D eigenvalue weighted by Gasteiger charge is -1.95. The zero-order valence-electron chi connectivity index (χ0n) is 8.35. The summed E-state index contributed by atoms with van der Waals surface area (Å²) in [4.78, 5) is 9.32. The molecule has 2 heterocycles. The third-order valence-corrected chi connectivity index (χ3v) is 1.68. The van der Waals surface area contributed by atoms with Crippen molar-refractivity contribution in [1.29, 1.82) is 0 Å². The molecule has 2 aliphatic rings. The summed E-state index contributed by atoms with van der Waals surface area (Å²) in [6.07, 6.45) is 4.67. The fourth-order valence-electron chi connectivity index (χ4n) is 0.738. The quantitative estimate of drug-likeness (QED) is 0.369. The van der Waals surface area contributed by atoms with Gasteiger partial charge in [-0.05, 0) is 13.0 Å². The molecular weight excluding hydrogens is 184 g/mol. The molecule has 2 fully saturated rings. The monoisotopic (exact) mass is 200 g/mol. The Morgan fingerprint density at radius 3 is 2.00 bits per heavy atom. The summed E-state index contributed by atoms with van der Waals surface area (Å²) in [5.74, 6) is 0. The van der Waals surface area contributed by atoms with Crippen LogP contribution in [-0.2, 0) is 19.0 Å². The van der Waals surface area contributed by atoms with Crippen molar-refractivity contribution < 1.29 is 19.0 Å². The Hall–Kier alpha value is -0.710. The van der Waals surface area contributed by atoms with Crippen LogP contribution in [0, 0.1) is 0 Å². The second-order valence-electron chi connectivity index (χ2n) is 3.11.